The third-order valence-corrected chi connectivity index (χ3v) is 6.08. The smallest absolute Gasteiger partial charge is 0.425 e. The molecule has 212 valence electrons. The number of carbonyl (C=O) groups is 1. The van der Waals surface area contributed by atoms with E-state index >= 15 is 0 Å². The minimum atomic E-state index is -4.75. The highest BCUT2D eigenvalue weighted by Gasteiger charge is 2.42. The number of unbranched alkanes of at least 4 members (excludes halogenated alkanes) is 2. The Kier molecular flexibility index (Phi) is 11.6. The Morgan fingerprint density at radius 1 is 0.925 bits per heavy atom. The van der Waals surface area contributed by atoms with Crippen LogP contribution in [0.4, 0.5) is 17.6 Å². The number of rotatable bonds is 13. The molecule has 0 fully saturated rings. The number of alkyl halides is 3. The Labute approximate surface area is 232 Å². The molecule has 0 N–H and O–H groups in total. The molecule has 4 nitrogen and oxygen atoms in total. The molecule has 1 unspecified atom stereocenters. The number of hydrogen-bond donors (Lipinski definition) is 0. The van der Waals surface area contributed by atoms with Gasteiger partial charge in [-0.25, -0.2) is 9.18 Å². The van der Waals surface area contributed by atoms with Gasteiger partial charge < -0.3 is 14.2 Å². The summed E-state index contributed by atoms with van der Waals surface area (Å²) in [5, 5.41) is 0. The second-order valence-corrected chi connectivity index (χ2v) is 9.06. The number of esters is 1. The SMILES string of the molecule is CC#Cc1ccc(-c2ccc(COc3ccc(C(=O)OC(CCCCCOCC)C(F)(F)F)c(F)c3)cc2)cc1. The molecule has 0 spiro atoms. The lowest BCUT2D eigenvalue weighted by Crippen LogP contribution is -2.34. The van der Waals surface area contributed by atoms with Crippen LogP contribution in [0.15, 0.2) is 66.7 Å². The maximum atomic E-state index is 14.6. The van der Waals surface area contributed by atoms with Crippen LogP contribution in [0.25, 0.3) is 11.1 Å². The maximum Gasteiger partial charge on any atom is 0.425 e. The van der Waals surface area contributed by atoms with Gasteiger partial charge in [-0.1, -0.05) is 48.7 Å². The number of benzene rings is 3. The zero-order valence-electron chi connectivity index (χ0n) is 22.5. The molecule has 0 saturated heterocycles. The second-order valence-electron chi connectivity index (χ2n) is 9.06. The summed E-state index contributed by atoms with van der Waals surface area (Å²) in [6, 6.07) is 18.9. The minimum Gasteiger partial charge on any atom is -0.489 e. The van der Waals surface area contributed by atoms with Crippen LogP contribution in [0.2, 0.25) is 0 Å². The third-order valence-electron chi connectivity index (χ3n) is 6.08. The van der Waals surface area contributed by atoms with Crippen LogP contribution in [0.3, 0.4) is 0 Å². The molecule has 0 aliphatic rings. The molecular formula is C32H32F4O4. The second kappa shape index (κ2) is 15.1. The summed E-state index contributed by atoms with van der Waals surface area (Å²) in [5.41, 5.74) is 3.23. The molecule has 0 amide bonds. The lowest BCUT2D eigenvalue weighted by molar-refractivity contribution is -0.206. The first-order chi connectivity index (χ1) is 19.2. The summed E-state index contributed by atoms with van der Waals surface area (Å²) in [5.74, 6) is 3.60. The first-order valence-electron chi connectivity index (χ1n) is 13.1. The number of carbonyl (C=O) groups excluding carboxylic acids is 1. The summed E-state index contributed by atoms with van der Waals surface area (Å²) in [4.78, 5) is 12.4. The van der Waals surface area contributed by atoms with Crippen LogP contribution in [0, 0.1) is 17.7 Å². The maximum absolute atomic E-state index is 14.6. The van der Waals surface area contributed by atoms with Crippen molar-refractivity contribution in [3.63, 3.8) is 0 Å². The molecule has 3 rings (SSSR count). The van der Waals surface area contributed by atoms with Gasteiger partial charge in [0.1, 0.15) is 18.2 Å². The van der Waals surface area contributed by atoms with Crippen molar-refractivity contribution in [2.75, 3.05) is 13.2 Å². The zero-order valence-corrected chi connectivity index (χ0v) is 22.5. The van der Waals surface area contributed by atoms with Gasteiger partial charge in [-0.05, 0) is 74.1 Å². The van der Waals surface area contributed by atoms with Crippen LogP contribution in [0.1, 0.15) is 61.0 Å². The van der Waals surface area contributed by atoms with E-state index in [4.69, 9.17) is 9.47 Å². The molecule has 0 saturated carbocycles. The Bertz CT molecular complexity index is 1290. The monoisotopic (exact) mass is 556 g/mol. The molecule has 0 bridgehead atoms. The van der Waals surface area contributed by atoms with E-state index in [1.165, 1.54) is 6.07 Å². The van der Waals surface area contributed by atoms with Gasteiger partial charge >= 0.3 is 12.1 Å². The van der Waals surface area contributed by atoms with Gasteiger partial charge in [-0.15, -0.1) is 5.92 Å². The number of halogens is 4. The highest BCUT2D eigenvalue weighted by Crippen LogP contribution is 2.29. The van der Waals surface area contributed by atoms with E-state index in [9.17, 15) is 22.4 Å². The fourth-order valence-electron chi connectivity index (χ4n) is 3.94. The Morgan fingerprint density at radius 2 is 1.60 bits per heavy atom. The van der Waals surface area contributed by atoms with Crippen molar-refractivity contribution < 1.29 is 36.6 Å². The van der Waals surface area contributed by atoms with Crippen molar-refractivity contribution in [2.24, 2.45) is 0 Å². The van der Waals surface area contributed by atoms with Gasteiger partial charge in [0.15, 0.2) is 6.10 Å². The van der Waals surface area contributed by atoms with Crippen LogP contribution in [-0.2, 0) is 16.1 Å². The molecule has 0 aliphatic heterocycles. The lowest BCUT2D eigenvalue weighted by Gasteiger charge is -2.21. The molecule has 3 aromatic rings. The van der Waals surface area contributed by atoms with Crippen molar-refractivity contribution in [3.05, 3.63) is 89.2 Å². The third kappa shape index (κ3) is 9.42. The summed E-state index contributed by atoms with van der Waals surface area (Å²) >= 11 is 0. The molecule has 0 radical (unpaired) electrons. The molecule has 0 aromatic heterocycles. The van der Waals surface area contributed by atoms with Gasteiger partial charge in [0.25, 0.3) is 0 Å². The van der Waals surface area contributed by atoms with E-state index in [1.807, 2.05) is 55.5 Å². The predicted molar refractivity (Wildman–Crippen MR) is 145 cm³/mol. The molecule has 3 aromatic carbocycles. The summed E-state index contributed by atoms with van der Waals surface area (Å²) in [6.07, 6.45) is -6.17. The molecule has 40 heavy (non-hydrogen) atoms. The summed E-state index contributed by atoms with van der Waals surface area (Å²) < 4.78 is 70.3. The normalized spacial score (nSPS) is 11.8. The predicted octanol–water partition coefficient (Wildman–Crippen LogP) is 8.13. The van der Waals surface area contributed by atoms with E-state index in [0.29, 0.717) is 26.1 Å². The summed E-state index contributed by atoms with van der Waals surface area (Å²) in [7, 11) is 0. The largest absolute Gasteiger partial charge is 0.489 e. The van der Waals surface area contributed by atoms with E-state index in [1.54, 1.807) is 6.92 Å². The molecule has 0 heterocycles. The van der Waals surface area contributed by atoms with Crippen molar-refractivity contribution >= 4 is 5.97 Å². The van der Waals surface area contributed by atoms with Gasteiger partial charge in [-0.2, -0.15) is 13.2 Å². The first-order valence-corrected chi connectivity index (χ1v) is 13.1. The summed E-state index contributed by atoms with van der Waals surface area (Å²) in [6.45, 7) is 4.75. The average molecular weight is 557 g/mol. The topological polar surface area (TPSA) is 44.8 Å². The zero-order chi connectivity index (χ0) is 29.0. The highest BCUT2D eigenvalue weighted by atomic mass is 19.4. The van der Waals surface area contributed by atoms with Crippen LogP contribution in [-0.4, -0.2) is 31.5 Å². The van der Waals surface area contributed by atoms with Gasteiger partial charge in [0.2, 0.25) is 0 Å². The quantitative estimate of drug-likeness (QED) is 0.0923. The van der Waals surface area contributed by atoms with Crippen molar-refractivity contribution in [3.8, 4) is 28.7 Å². The van der Waals surface area contributed by atoms with Crippen molar-refractivity contribution in [1.82, 2.24) is 0 Å². The van der Waals surface area contributed by atoms with Crippen molar-refractivity contribution in [1.29, 1.82) is 0 Å². The highest BCUT2D eigenvalue weighted by molar-refractivity contribution is 5.90. The Balaban J connectivity index is 1.55. The Morgan fingerprint density at radius 3 is 2.20 bits per heavy atom. The molecule has 1 atom stereocenters. The minimum absolute atomic E-state index is 0.132. The first kappa shape index (κ1) is 30.7. The lowest BCUT2D eigenvalue weighted by atomic mass is 10.0. The van der Waals surface area contributed by atoms with Crippen LogP contribution >= 0.6 is 0 Å². The van der Waals surface area contributed by atoms with Crippen molar-refractivity contribution in [2.45, 2.75) is 58.4 Å². The van der Waals surface area contributed by atoms with Crippen LogP contribution in [0.5, 0.6) is 5.75 Å². The van der Waals surface area contributed by atoms with Gasteiger partial charge in [-0.3, -0.25) is 0 Å². The van der Waals surface area contributed by atoms with E-state index in [-0.39, 0.29) is 18.8 Å². The average Bonchev–Trinajstić information content (AvgIpc) is 2.93. The van der Waals surface area contributed by atoms with E-state index < -0.39 is 36.1 Å². The van der Waals surface area contributed by atoms with E-state index in [2.05, 4.69) is 16.6 Å². The van der Waals surface area contributed by atoms with E-state index in [0.717, 1.165) is 34.4 Å². The molecular weight excluding hydrogens is 524 g/mol. The fraction of sp³-hybridized carbons (Fsp3) is 0.344. The van der Waals surface area contributed by atoms with Gasteiger partial charge in [0.05, 0.1) is 5.56 Å². The number of hydrogen-bond acceptors (Lipinski definition) is 4. The molecule has 0 aliphatic carbocycles. The molecule has 8 heteroatoms. The standard InChI is InChI=1S/C32H32F4O4/c1-3-8-23-10-14-25(15-11-23)26-16-12-24(13-17-26)22-39-27-18-19-28(29(33)21-27)31(37)40-30(32(34,35)36)9-6-5-7-20-38-4-2/h10-19,21,30H,4-7,9,20,22H2,1-2H3. The Hall–Kier alpha value is -3.83. The van der Waals surface area contributed by atoms with Gasteiger partial charge in [0, 0.05) is 24.8 Å². The number of ether oxygens (including phenoxy) is 3. The van der Waals surface area contributed by atoms with Crippen LogP contribution < -0.4 is 4.74 Å². The fourth-order valence-corrected chi connectivity index (χ4v) is 3.94.